The first-order chi connectivity index (χ1) is 9.81. The van der Waals surface area contributed by atoms with Crippen molar-refractivity contribution in [2.24, 2.45) is 0 Å². The van der Waals surface area contributed by atoms with Crippen LogP contribution in [0.2, 0.25) is 0 Å². The van der Waals surface area contributed by atoms with E-state index in [0.717, 1.165) is 28.5 Å². The van der Waals surface area contributed by atoms with Crippen LogP contribution >= 0.6 is 23.1 Å². The van der Waals surface area contributed by atoms with Crippen molar-refractivity contribution in [2.45, 2.75) is 12.2 Å². The van der Waals surface area contributed by atoms with Gasteiger partial charge < -0.3 is 9.88 Å². The molecule has 0 atom stereocenters. The third-order valence-corrected chi connectivity index (χ3v) is 5.69. The molecule has 0 aliphatic carbocycles. The topological polar surface area (TPSA) is 34.0 Å². The van der Waals surface area contributed by atoms with Crippen molar-refractivity contribution in [1.82, 2.24) is 9.88 Å². The van der Waals surface area contributed by atoms with E-state index in [1.54, 1.807) is 17.4 Å². The van der Waals surface area contributed by atoms with Crippen molar-refractivity contribution in [3.05, 3.63) is 53.2 Å². The van der Waals surface area contributed by atoms with Crippen molar-refractivity contribution < 1.29 is 4.79 Å². The van der Waals surface area contributed by atoms with Gasteiger partial charge in [-0.3, -0.25) is 4.79 Å². The SMILES string of the molecule is C=CCNC(=O)c1c(-n2cccc2)sc2c1CCSC2. The predicted molar refractivity (Wildman–Crippen MR) is 86.0 cm³/mol. The van der Waals surface area contributed by atoms with Crippen LogP contribution < -0.4 is 5.32 Å². The average molecular weight is 304 g/mol. The summed E-state index contributed by atoms with van der Waals surface area (Å²) in [6.07, 6.45) is 6.68. The van der Waals surface area contributed by atoms with E-state index in [1.165, 1.54) is 10.4 Å². The molecule has 1 N–H and O–H groups in total. The Balaban J connectivity index is 2.06. The third-order valence-electron chi connectivity index (χ3n) is 3.27. The van der Waals surface area contributed by atoms with E-state index >= 15 is 0 Å². The molecule has 3 rings (SSSR count). The number of thioether (sulfide) groups is 1. The van der Waals surface area contributed by atoms with Crippen LogP contribution in [0, 0.1) is 0 Å². The number of fused-ring (bicyclic) bond motifs is 1. The molecule has 0 unspecified atom stereocenters. The molecule has 3 nitrogen and oxygen atoms in total. The molecule has 0 fully saturated rings. The van der Waals surface area contributed by atoms with E-state index in [9.17, 15) is 4.79 Å². The van der Waals surface area contributed by atoms with Gasteiger partial charge in [0.2, 0.25) is 0 Å². The highest BCUT2D eigenvalue weighted by atomic mass is 32.2. The van der Waals surface area contributed by atoms with E-state index in [1.807, 2.05) is 40.9 Å². The van der Waals surface area contributed by atoms with Crippen LogP contribution in [-0.4, -0.2) is 22.8 Å². The van der Waals surface area contributed by atoms with Gasteiger partial charge in [0, 0.05) is 29.6 Å². The zero-order valence-electron chi connectivity index (χ0n) is 11.1. The number of nitrogens with one attached hydrogen (secondary N) is 1. The number of hydrogen-bond acceptors (Lipinski definition) is 3. The molecule has 2 aromatic heterocycles. The van der Waals surface area contributed by atoms with E-state index in [2.05, 4.69) is 11.9 Å². The summed E-state index contributed by atoms with van der Waals surface area (Å²) in [5, 5.41) is 3.95. The third kappa shape index (κ3) is 2.43. The molecule has 0 saturated carbocycles. The Kier molecular flexibility index (Phi) is 3.98. The Hall–Kier alpha value is -1.46. The second-order valence-corrected chi connectivity index (χ2v) is 6.76. The second-order valence-electron chi connectivity index (χ2n) is 4.58. The lowest BCUT2D eigenvalue weighted by Gasteiger charge is -2.12. The molecule has 0 bridgehead atoms. The first-order valence-corrected chi connectivity index (χ1v) is 8.53. The molecular weight excluding hydrogens is 288 g/mol. The molecule has 0 saturated heterocycles. The molecule has 3 heterocycles. The number of nitrogens with zero attached hydrogens (tertiary/aromatic N) is 1. The lowest BCUT2D eigenvalue weighted by atomic mass is 10.1. The maximum absolute atomic E-state index is 12.5. The summed E-state index contributed by atoms with van der Waals surface area (Å²) >= 11 is 3.68. The summed E-state index contributed by atoms with van der Waals surface area (Å²) in [6, 6.07) is 3.97. The van der Waals surface area contributed by atoms with Crippen LogP contribution in [0.15, 0.2) is 37.2 Å². The average Bonchev–Trinajstić information content (AvgIpc) is 3.11. The van der Waals surface area contributed by atoms with Crippen LogP contribution in [0.4, 0.5) is 0 Å². The van der Waals surface area contributed by atoms with Gasteiger partial charge in [-0.1, -0.05) is 6.08 Å². The zero-order valence-corrected chi connectivity index (χ0v) is 12.7. The monoisotopic (exact) mass is 304 g/mol. The van der Waals surface area contributed by atoms with Gasteiger partial charge in [0.25, 0.3) is 5.91 Å². The van der Waals surface area contributed by atoms with Crippen LogP contribution in [0.3, 0.4) is 0 Å². The molecule has 0 radical (unpaired) electrons. The summed E-state index contributed by atoms with van der Waals surface area (Å²) in [4.78, 5) is 13.8. The predicted octanol–water partition coefficient (Wildman–Crippen LogP) is 3.24. The lowest BCUT2D eigenvalue weighted by Crippen LogP contribution is -2.25. The molecule has 2 aromatic rings. The van der Waals surface area contributed by atoms with Crippen molar-refractivity contribution in [3.8, 4) is 5.00 Å². The molecule has 104 valence electrons. The van der Waals surface area contributed by atoms with Gasteiger partial charge in [-0.25, -0.2) is 0 Å². The summed E-state index contributed by atoms with van der Waals surface area (Å²) in [6.45, 7) is 4.16. The largest absolute Gasteiger partial charge is 0.348 e. The van der Waals surface area contributed by atoms with Gasteiger partial charge in [-0.15, -0.1) is 17.9 Å². The van der Waals surface area contributed by atoms with Gasteiger partial charge in [-0.2, -0.15) is 11.8 Å². The van der Waals surface area contributed by atoms with Crippen molar-refractivity contribution in [3.63, 3.8) is 0 Å². The van der Waals surface area contributed by atoms with Gasteiger partial charge in [-0.05, 0) is 29.9 Å². The number of hydrogen-bond donors (Lipinski definition) is 1. The van der Waals surface area contributed by atoms with Gasteiger partial charge in [0.05, 0.1) is 5.56 Å². The Morgan fingerprint density at radius 2 is 2.25 bits per heavy atom. The van der Waals surface area contributed by atoms with Crippen molar-refractivity contribution >= 4 is 29.0 Å². The second kappa shape index (κ2) is 5.89. The van der Waals surface area contributed by atoms with E-state index in [-0.39, 0.29) is 5.91 Å². The number of aromatic nitrogens is 1. The van der Waals surface area contributed by atoms with Crippen LogP contribution in [-0.2, 0) is 12.2 Å². The highest BCUT2D eigenvalue weighted by Crippen LogP contribution is 2.38. The molecule has 1 aliphatic rings. The quantitative estimate of drug-likeness (QED) is 0.880. The van der Waals surface area contributed by atoms with E-state index in [0.29, 0.717) is 6.54 Å². The number of rotatable bonds is 4. The highest BCUT2D eigenvalue weighted by molar-refractivity contribution is 7.98. The standard InChI is InChI=1S/C15H16N2OS2/c1-2-6-16-14(18)13-11-5-9-19-10-12(11)20-15(13)17-7-3-4-8-17/h2-4,7-8H,1,5-6,9-10H2,(H,16,18). The van der Waals surface area contributed by atoms with Gasteiger partial charge >= 0.3 is 0 Å². The normalized spacial score (nSPS) is 13.8. The fraction of sp³-hybridized carbons (Fsp3) is 0.267. The Morgan fingerprint density at radius 1 is 1.45 bits per heavy atom. The summed E-state index contributed by atoms with van der Waals surface area (Å²) < 4.78 is 2.04. The van der Waals surface area contributed by atoms with Crippen molar-refractivity contribution in [2.75, 3.05) is 12.3 Å². The molecule has 0 aromatic carbocycles. The minimum absolute atomic E-state index is 0.0120. The minimum atomic E-state index is 0.0120. The summed E-state index contributed by atoms with van der Waals surface area (Å²) in [5.74, 6) is 2.12. The van der Waals surface area contributed by atoms with Crippen molar-refractivity contribution in [1.29, 1.82) is 0 Å². The molecular formula is C15H16N2OS2. The first-order valence-electron chi connectivity index (χ1n) is 6.56. The first kappa shape index (κ1) is 13.5. The fourth-order valence-electron chi connectivity index (χ4n) is 2.36. The Morgan fingerprint density at radius 3 is 3.00 bits per heavy atom. The van der Waals surface area contributed by atoms with Gasteiger partial charge in [0.1, 0.15) is 5.00 Å². The van der Waals surface area contributed by atoms with E-state index in [4.69, 9.17) is 0 Å². The molecule has 1 aliphatic heterocycles. The summed E-state index contributed by atoms with van der Waals surface area (Å²) in [5.41, 5.74) is 2.09. The Labute approximate surface area is 126 Å². The number of amides is 1. The number of carbonyl (C=O) groups is 1. The number of thiophene rings is 1. The maximum atomic E-state index is 12.5. The zero-order chi connectivity index (χ0) is 13.9. The van der Waals surface area contributed by atoms with E-state index < -0.39 is 0 Å². The van der Waals surface area contributed by atoms with Crippen LogP contribution in [0.5, 0.6) is 0 Å². The molecule has 0 spiro atoms. The summed E-state index contributed by atoms with van der Waals surface area (Å²) in [7, 11) is 0. The fourth-order valence-corrected chi connectivity index (χ4v) is 4.80. The Bertz CT molecular complexity index is 629. The smallest absolute Gasteiger partial charge is 0.254 e. The van der Waals surface area contributed by atoms with Gasteiger partial charge in [0.15, 0.2) is 0 Å². The highest BCUT2D eigenvalue weighted by Gasteiger charge is 2.25. The molecule has 5 heteroatoms. The maximum Gasteiger partial charge on any atom is 0.254 e. The minimum Gasteiger partial charge on any atom is -0.348 e. The number of carbonyl (C=O) groups excluding carboxylic acids is 1. The van der Waals surface area contributed by atoms with Crippen LogP contribution in [0.25, 0.3) is 5.00 Å². The van der Waals surface area contributed by atoms with Crippen LogP contribution in [0.1, 0.15) is 20.8 Å². The lowest BCUT2D eigenvalue weighted by molar-refractivity contribution is 0.0957. The molecule has 1 amide bonds. The molecule has 20 heavy (non-hydrogen) atoms.